The molecule has 1 N–H and O–H groups in total. The predicted octanol–water partition coefficient (Wildman–Crippen LogP) is 2.86. The number of fused-ring (bicyclic) bond motifs is 1. The van der Waals surface area contributed by atoms with Crippen molar-refractivity contribution in [1.29, 1.82) is 0 Å². The summed E-state index contributed by atoms with van der Waals surface area (Å²) in [7, 11) is 0. The molecule has 1 fully saturated rings. The normalized spacial score (nSPS) is 17.8. The second-order valence-electron chi connectivity index (χ2n) is 5.50. The van der Waals surface area contributed by atoms with Crippen LogP contribution in [0.15, 0.2) is 24.3 Å². The van der Waals surface area contributed by atoms with Crippen LogP contribution >= 0.6 is 11.3 Å². The summed E-state index contributed by atoms with van der Waals surface area (Å²) in [5.41, 5.74) is 0.993. The second-order valence-corrected chi connectivity index (χ2v) is 6.62. The zero-order valence-electron chi connectivity index (χ0n) is 12.7. The molecule has 2 heterocycles. The molecule has 118 valence electrons. The molecule has 0 spiro atoms. The third kappa shape index (κ3) is 3.56. The van der Waals surface area contributed by atoms with E-state index >= 15 is 0 Å². The molecule has 1 aliphatic rings. The van der Waals surface area contributed by atoms with Gasteiger partial charge in [-0.15, -0.1) is 11.3 Å². The fourth-order valence-corrected chi connectivity index (χ4v) is 3.56. The molecule has 1 saturated heterocycles. The summed E-state index contributed by atoms with van der Waals surface area (Å²) in [5, 5.41) is 3.92. The average Bonchev–Trinajstić information content (AvgIpc) is 3.18. The number of benzene rings is 1. The van der Waals surface area contributed by atoms with E-state index in [1.54, 1.807) is 11.3 Å². The maximum atomic E-state index is 12.3. The highest BCUT2D eigenvalue weighted by Crippen LogP contribution is 2.21. The first kappa shape index (κ1) is 15.2. The molecule has 0 bridgehead atoms. The lowest BCUT2D eigenvalue weighted by Gasteiger charge is -2.23. The molecule has 0 radical (unpaired) electrons. The average molecular weight is 319 g/mol. The van der Waals surface area contributed by atoms with Gasteiger partial charge in [-0.2, -0.15) is 0 Å². The Morgan fingerprint density at radius 1 is 1.50 bits per heavy atom. The molecule has 6 heteroatoms. The number of carbonyl (C=O) groups excluding carboxylic acids is 1. The molecule has 1 atom stereocenters. The monoisotopic (exact) mass is 319 g/mol. The van der Waals surface area contributed by atoms with Gasteiger partial charge in [0.15, 0.2) is 0 Å². The Balaban J connectivity index is 1.55. The molecular weight excluding hydrogens is 298 g/mol. The van der Waals surface area contributed by atoms with E-state index in [0.717, 1.165) is 41.4 Å². The maximum Gasteiger partial charge on any atom is 0.317 e. The van der Waals surface area contributed by atoms with Crippen molar-refractivity contribution in [2.45, 2.75) is 19.9 Å². The van der Waals surface area contributed by atoms with Crippen molar-refractivity contribution < 1.29 is 9.53 Å². The SMILES string of the molecule is CCN(C[C@@H]1CCOC1)C(=O)NCc1nc2ccccc2s1. The largest absolute Gasteiger partial charge is 0.381 e. The van der Waals surface area contributed by atoms with Crippen molar-refractivity contribution in [3.8, 4) is 0 Å². The maximum absolute atomic E-state index is 12.3. The molecule has 2 amide bonds. The number of ether oxygens (including phenoxy) is 1. The van der Waals surface area contributed by atoms with E-state index in [9.17, 15) is 4.79 Å². The quantitative estimate of drug-likeness (QED) is 0.922. The summed E-state index contributed by atoms with van der Waals surface area (Å²) < 4.78 is 6.53. The van der Waals surface area contributed by atoms with Crippen molar-refractivity contribution in [3.05, 3.63) is 29.3 Å². The molecule has 3 rings (SSSR count). The van der Waals surface area contributed by atoms with E-state index in [1.807, 2.05) is 30.0 Å². The number of hydrogen-bond acceptors (Lipinski definition) is 4. The molecule has 1 aliphatic heterocycles. The minimum atomic E-state index is -0.0198. The molecule has 22 heavy (non-hydrogen) atoms. The van der Waals surface area contributed by atoms with Gasteiger partial charge in [-0.1, -0.05) is 12.1 Å². The van der Waals surface area contributed by atoms with Crippen LogP contribution in [0.4, 0.5) is 4.79 Å². The van der Waals surface area contributed by atoms with E-state index < -0.39 is 0 Å². The molecule has 0 saturated carbocycles. The first-order valence-corrected chi connectivity index (χ1v) is 8.53. The van der Waals surface area contributed by atoms with Crippen molar-refractivity contribution in [2.75, 3.05) is 26.3 Å². The highest BCUT2D eigenvalue weighted by atomic mass is 32.1. The van der Waals surface area contributed by atoms with Crippen molar-refractivity contribution in [1.82, 2.24) is 15.2 Å². The summed E-state index contributed by atoms with van der Waals surface area (Å²) >= 11 is 1.63. The summed E-state index contributed by atoms with van der Waals surface area (Å²) in [6.45, 7) is 5.55. The van der Waals surface area contributed by atoms with E-state index in [2.05, 4.69) is 16.4 Å². The topological polar surface area (TPSA) is 54.5 Å². The Kier molecular flexibility index (Phi) is 4.90. The van der Waals surface area contributed by atoms with Crippen molar-refractivity contribution in [3.63, 3.8) is 0 Å². The molecule has 0 unspecified atom stereocenters. The molecule has 2 aromatic rings. The van der Waals surface area contributed by atoms with Crippen molar-refractivity contribution >= 4 is 27.6 Å². The number of urea groups is 1. The molecular formula is C16H21N3O2S. The number of thiazole rings is 1. The van der Waals surface area contributed by atoms with Gasteiger partial charge in [-0.05, 0) is 25.5 Å². The lowest BCUT2D eigenvalue weighted by molar-refractivity contribution is 0.166. The number of nitrogens with zero attached hydrogens (tertiary/aromatic N) is 2. The van der Waals surface area contributed by atoms with E-state index in [4.69, 9.17) is 4.74 Å². The van der Waals surface area contributed by atoms with Crippen LogP contribution in [0, 0.1) is 5.92 Å². The van der Waals surface area contributed by atoms with Crippen LogP contribution < -0.4 is 5.32 Å². The number of aromatic nitrogens is 1. The fraction of sp³-hybridized carbons (Fsp3) is 0.500. The molecule has 1 aromatic heterocycles. The zero-order valence-corrected chi connectivity index (χ0v) is 13.6. The van der Waals surface area contributed by atoms with Gasteiger partial charge in [0.1, 0.15) is 5.01 Å². The number of carbonyl (C=O) groups is 1. The number of para-hydroxylation sites is 1. The van der Waals surface area contributed by atoms with Gasteiger partial charge in [0.25, 0.3) is 0 Å². The Labute approximate surface area is 134 Å². The Hall–Kier alpha value is -1.66. The van der Waals surface area contributed by atoms with Crippen LogP contribution in [-0.4, -0.2) is 42.2 Å². The molecule has 5 nitrogen and oxygen atoms in total. The lowest BCUT2D eigenvalue weighted by Crippen LogP contribution is -2.42. The van der Waals surface area contributed by atoms with E-state index in [1.165, 1.54) is 0 Å². The molecule has 1 aromatic carbocycles. The fourth-order valence-electron chi connectivity index (χ4n) is 2.65. The van der Waals surface area contributed by atoms with Gasteiger partial charge in [0.05, 0.1) is 23.4 Å². The van der Waals surface area contributed by atoms with E-state index in [0.29, 0.717) is 19.0 Å². The van der Waals surface area contributed by atoms with Gasteiger partial charge >= 0.3 is 6.03 Å². The Morgan fingerprint density at radius 3 is 3.09 bits per heavy atom. The zero-order chi connectivity index (χ0) is 15.4. The Morgan fingerprint density at radius 2 is 2.36 bits per heavy atom. The third-order valence-corrected chi connectivity index (χ3v) is 4.94. The minimum absolute atomic E-state index is 0.0198. The summed E-state index contributed by atoms with van der Waals surface area (Å²) in [6.07, 6.45) is 1.04. The van der Waals surface area contributed by atoms with Crippen LogP contribution in [0.25, 0.3) is 10.2 Å². The number of rotatable bonds is 5. The predicted molar refractivity (Wildman–Crippen MR) is 88.0 cm³/mol. The van der Waals surface area contributed by atoms with Gasteiger partial charge < -0.3 is 15.0 Å². The van der Waals surface area contributed by atoms with Crippen LogP contribution in [0.1, 0.15) is 18.4 Å². The van der Waals surface area contributed by atoms with Gasteiger partial charge in [0, 0.05) is 25.6 Å². The minimum Gasteiger partial charge on any atom is -0.381 e. The number of hydrogen-bond donors (Lipinski definition) is 1. The van der Waals surface area contributed by atoms with Gasteiger partial charge in [-0.3, -0.25) is 0 Å². The van der Waals surface area contributed by atoms with E-state index in [-0.39, 0.29) is 6.03 Å². The highest BCUT2D eigenvalue weighted by Gasteiger charge is 2.21. The third-order valence-electron chi connectivity index (χ3n) is 3.90. The number of nitrogens with one attached hydrogen (secondary N) is 1. The smallest absolute Gasteiger partial charge is 0.317 e. The van der Waals surface area contributed by atoms with Crippen LogP contribution in [0.3, 0.4) is 0 Å². The number of amides is 2. The highest BCUT2D eigenvalue weighted by molar-refractivity contribution is 7.18. The van der Waals surface area contributed by atoms with Crippen molar-refractivity contribution in [2.24, 2.45) is 5.92 Å². The van der Waals surface area contributed by atoms with Gasteiger partial charge in [0.2, 0.25) is 0 Å². The van der Waals surface area contributed by atoms with Gasteiger partial charge in [-0.25, -0.2) is 9.78 Å². The first-order valence-electron chi connectivity index (χ1n) is 7.71. The lowest BCUT2D eigenvalue weighted by atomic mass is 10.1. The Bertz CT molecular complexity index is 604. The summed E-state index contributed by atoms with van der Waals surface area (Å²) in [5.74, 6) is 0.466. The van der Waals surface area contributed by atoms with Crippen LogP contribution in [-0.2, 0) is 11.3 Å². The summed E-state index contributed by atoms with van der Waals surface area (Å²) in [6, 6.07) is 8.01. The second kappa shape index (κ2) is 7.07. The van der Waals surface area contributed by atoms with Crippen LogP contribution in [0.2, 0.25) is 0 Å². The molecule has 0 aliphatic carbocycles. The van der Waals surface area contributed by atoms with Crippen LogP contribution in [0.5, 0.6) is 0 Å². The summed E-state index contributed by atoms with van der Waals surface area (Å²) in [4.78, 5) is 18.7. The standard InChI is InChI=1S/C16H21N3O2S/c1-2-19(10-12-7-8-21-11-12)16(20)17-9-15-18-13-5-3-4-6-14(13)22-15/h3-6,12H,2,7-11H2,1H3,(H,17,20)/t12-/m0/s1. The first-order chi connectivity index (χ1) is 10.8.